The number of carbonyl (C=O) groups excluding carboxylic acids is 1. The number of aliphatic imine (C=N–C) groups is 1. The number of benzene rings is 1. The normalized spacial score (nSPS) is 15.1. The van der Waals surface area contributed by atoms with Crippen molar-refractivity contribution in [1.82, 2.24) is 15.1 Å². The summed E-state index contributed by atoms with van der Waals surface area (Å²) in [5.41, 5.74) is 1.17. The zero-order chi connectivity index (χ0) is 20.4. The minimum absolute atomic E-state index is 0. The second-order valence-electron chi connectivity index (χ2n) is 7.33. The van der Waals surface area contributed by atoms with E-state index in [1.165, 1.54) is 12.7 Å². The highest BCUT2D eigenvalue weighted by Gasteiger charge is 2.26. The van der Waals surface area contributed by atoms with Crippen LogP contribution in [0.1, 0.15) is 24.8 Å². The van der Waals surface area contributed by atoms with Crippen molar-refractivity contribution in [3.63, 3.8) is 0 Å². The molecule has 0 spiro atoms. The number of guanidine groups is 1. The van der Waals surface area contributed by atoms with Gasteiger partial charge < -0.3 is 24.6 Å². The number of rotatable bonds is 8. The second-order valence-corrected chi connectivity index (χ2v) is 7.33. The SMILES string of the molecule is CN=C(NCc1ccc(OCCCN(C)C)cc1)N1CCC(C(=O)OC)CC1.I. The molecule has 1 fully saturated rings. The van der Waals surface area contributed by atoms with Crippen LogP contribution < -0.4 is 10.1 Å². The predicted octanol–water partition coefficient (Wildman–Crippen LogP) is 2.60. The first-order valence-corrected chi connectivity index (χ1v) is 9.93. The van der Waals surface area contributed by atoms with Gasteiger partial charge in [0.25, 0.3) is 0 Å². The minimum Gasteiger partial charge on any atom is -0.494 e. The molecule has 164 valence electrons. The third-order valence-electron chi connectivity index (χ3n) is 4.93. The van der Waals surface area contributed by atoms with Gasteiger partial charge in [0.15, 0.2) is 5.96 Å². The summed E-state index contributed by atoms with van der Waals surface area (Å²) in [5.74, 6) is 1.67. The summed E-state index contributed by atoms with van der Waals surface area (Å²) in [5, 5.41) is 3.41. The van der Waals surface area contributed by atoms with Crippen LogP contribution in [0.5, 0.6) is 5.75 Å². The quantitative estimate of drug-likeness (QED) is 0.188. The molecule has 1 heterocycles. The van der Waals surface area contributed by atoms with Crippen molar-refractivity contribution < 1.29 is 14.3 Å². The fourth-order valence-corrected chi connectivity index (χ4v) is 3.28. The molecule has 7 nitrogen and oxygen atoms in total. The summed E-state index contributed by atoms with van der Waals surface area (Å²) in [6, 6.07) is 8.17. The zero-order valence-corrected chi connectivity index (χ0v) is 20.3. The molecule has 0 aliphatic carbocycles. The number of nitrogens with zero attached hydrogens (tertiary/aromatic N) is 3. The standard InChI is InChI=1S/C21H34N4O3.HI/c1-22-21(25-13-10-18(11-14-25)20(26)27-4)23-16-17-6-8-19(9-7-17)28-15-5-12-24(2)3;/h6-9,18H,5,10-16H2,1-4H3,(H,22,23);1H. The number of nitrogens with one attached hydrogen (secondary N) is 1. The van der Waals surface area contributed by atoms with Crippen molar-refractivity contribution in [3.8, 4) is 5.75 Å². The van der Waals surface area contributed by atoms with Crippen LogP contribution in [0.2, 0.25) is 0 Å². The number of esters is 1. The van der Waals surface area contributed by atoms with Crippen LogP contribution in [-0.4, -0.2) is 76.2 Å². The summed E-state index contributed by atoms with van der Waals surface area (Å²) >= 11 is 0. The number of likely N-dealkylation sites (tertiary alicyclic amines) is 1. The molecule has 1 aromatic rings. The van der Waals surface area contributed by atoms with E-state index in [0.717, 1.165) is 57.2 Å². The number of hydrogen-bond donors (Lipinski definition) is 1. The largest absolute Gasteiger partial charge is 0.494 e. The molecule has 2 rings (SSSR count). The first kappa shape index (κ1) is 25.5. The molecule has 0 aromatic heterocycles. The van der Waals surface area contributed by atoms with Crippen LogP contribution in [0, 0.1) is 5.92 Å². The topological polar surface area (TPSA) is 66.4 Å². The number of methoxy groups -OCH3 is 1. The Morgan fingerprint density at radius 1 is 1.24 bits per heavy atom. The Bertz CT molecular complexity index is 629. The molecule has 0 unspecified atom stereocenters. The summed E-state index contributed by atoms with van der Waals surface area (Å²) in [7, 11) is 7.38. The Balaban J connectivity index is 0.00000420. The smallest absolute Gasteiger partial charge is 0.308 e. The van der Waals surface area contributed by atoms with Crippen LogP contribution in [0.15, 0.2) is 29.3 Å². The maximum absolute atomic E-state index is 11.7. The van der Waals surface area contributed by atoms with E-state index in [4.69, 9.17) is 9.47 Å². The molecular weight excluding hydrogens is 483 g/mol. The molecular formula is C21H35IN4O3. The van der Waals surface area contributed by atoms with Gasteiger partial charge in [-0.05, 0) is 51.1 Å². The lowest BCUT2D eigenvalue weighted by molar-refractivity contribution is -0.146. The van der Waals surface area contributed by atoms with Gasteiger partial charge in [-0.3, -0.25) is 9.79 Å². The molecule has 1 saturated heterocycles. The van der Waals surface area contributed by atoms with Crippen molar-refractivity contribution in [2.45, 2.75) is 25.8 Å². The molecule has 1 aromatic carbocycles. The van der Waals surface area contributed by atoms with Crippen molar-refractivity contribution in [2.75, 3.05) is 54.5 Å². The summed E-state index contributed by atoms with van der Waals surface area (Å²) in [6.45, 7) is 4.06. The van der Waals surface area contributed by atoms with E-state index in [2.05, 4.69) is 46.3 Å². The molecule has 0 bridgehead atoms. The van der Waals surface area contributed by atoms with Crippen molar-refractivity contribution in [1.29, 1.82) is 0 Å². The van der Waals surface area contributed by atoms with Gasteiger partial charge in [-0.2, -0.15) is 0 Å². The van der Waals surface area contributed by atoms with E-state index in [9.17, 15) is 4.79 Å². The van der Waals surface area contributed by atoms with Gasteiger partial charge in [0.05, 0.1) is 19.6 Å². The highest BCUT2D eigenvalue weighted by molar-refractivity contribution is 14.0. The fourth-order valence-electron chi connectivity index (χ4n) is 3.28. The Hall–Kier alpha value is -1.55. The van der Waals surface area contributed by atoms with E-state index in [1.807, 2.05) is 12.1 Å². The Kier molecular flexibility index (Phi) is 12.0. The van der Waals surface area contributed by atoms with Crippen LogP contribution >= 0.6 is 24.0 Å². The zero-order valence-electron chi connectivity index (χ0n) is 18.0. The molecule has 0 saturated carbocycles. The van der Waals surface area contributed by atoms with Gasteiger partial charge in [0, 0.05) is 33.2 Å². The lowest BCUT2D eigenvalue weighted by atomic mass is 9.97. The van der Waals surface area contributed by atoms with E-state index >= 15 is 0 Å². The average molecular weight is 518 g/mol. The second kappa shape index (κ2) is 13.6. The first-order chi connectivity index (χ1) is 13.5. The predicted molar refractivity (Wildman–Crippen MR) is 127 cm³/mol. The highest BCUT2D eigenvalue weighted by Crippen LogP contribution is 2.18. The summed E-state index contributed by atoms with van der Waals surface area (Å²) in [4.78, 5) is 20.4. The molecule has 1 aliphatic heterocycles. The van der Waals surface area contributed by atoms with Crippen molar-refractivity contribution >= 4 is 35.9 Å². The third-order valence-corrected chi connectivity index (χ3v) is 4.93. The molecule has 0 radical (unpaired) electrons. The van der Waals surface area contributed by atoms with Gasteiger partial charge in [0.1, 0.15) is 5.75 Å². The minimum atomic E-state index is -0.105. The molecule has 1 aliphatic rings. The number of hydrogen-bond acceptors (Lipinski definition) is 5. The van der Waals surface area contributed by atoms with E-state index in [0.29, 0.717) is 6.54 Å². The molecule has 8 heteroatoms. The Morgan fingerprint density at radius 2 is 1.90 bits per heavy atom. The van der Waals surface area contributed by atoms with Crippen molar-refractivity contribution in [2.24, 2.45) is 10.9 Å². The van der Waals surface area contributed by atoms with Gasteiger partial charge in [-0.15, -0.1) is 24.0 Å². The number of carbonyl (C=O) groups is 1. The molecule has 0 amide bonds. The van der Waals surface area contributed by atoms with E-state index in [1.54, 1.807) is 7.05 Å². The van der Waals surface area contributed by atoms with Gasteiger partial charge in [-0.1, -0.05) is 12.1 Å². The van der Waals surface area contributed by atoms with Crippen LogP contribution in [-0.2, 0) is 16.1 Å². The van der Waals surface area contributed by atoms with Crippen LogP contribution in [0.3, 0.4) is 0 Å². The van der Waals surface area contributed by atoms with Gasteiger partial charge in [-0.25, -0.2) is 0 Å². The highest BCUT2D eigenvalue weighted by atomic mass is 127. The summed E-state index contributed by atoms with van der Waals surface area (Å²) < 4.78 is 10.6. The van der Waals surface area contributed by atoms with Gasteiger partial charge in [0.2, 0.25) is 0 Å². The lowest BCUT2D eigenvalue weighted by Crippen LogP contribution is -2.46. The van der Waals surface area contributed by atoms with Gasteiger partial charge >= 0.3 is 5.97 Å². The Labute approximate surface area is 191 Å². The first-order valence-electron chi connectivity index (χ1n) is 9.93. The third kappa shape index (κ3) is 8.77. The molecule has 0 atom stereocenters. The van der Waals surface area contributed by atoms with E-state index < -0.39 is 0 Å². The maximum atomic E-state index is 11.7. The number of piperidine rings is 1. The monoisotopic (exact) mass is 518 g/mol. The maximum Gasteiger partial charge on any atom is 0.308 e. The Morgan fingerprint density at radius 3 is 2.45 bits per heavy atom. The number of ether oxygens (including phenoxy) is 2. The van der Waals surface area contributed by atoms with Crippen LogP contribution in [0.4, 0.5) is 0 Å². The molecule has 29 heavy (non-hydrogen) atoms. The van der Waals surface area contributed by atoms with Crippen LogP contribution in [0.25, 0.3) is 0 Å². The van der Waals surface area contributed by atoms with E-state index in [-0.39, 0.29) is 35.9 Å². The average Bonchev–Trinajstić information content (AvgIpc) is 2.72. The number of halogens is 1. The summed E-state index contributed by atoms with van der Waals surface area (Å²) in [6.07, 6.45) is 2.61. The lowest BCUT2D eigenvalue weighted by Gasteiger charge is -2.33. The van der Waals surface area contributed by atoms with Crippen molar-refractivity contribution in [3.05, 3.63) is 29.8 Å². The fraction of sp³-hybridized carbons (Fsp3) is 0.619. The molecule has 1 N–H and O–H groups in total.